The Morgan fingerprint density at radius 3 is 2.71 bits per heavy atom. The van der Waals surface area contributed by atoms with Gasteiger partial charge in [0.05, 0.1) is 4.90 Å². The fraction of sp³-hybridized carbons (Fsp3) is 0.467. The van der Waals surface area contributed by atoms with E-state index >= 15 is 0 Å². The fourth-order valence-corrected chi connectivity index (χ4v) is 4.00. The highest BCUT2D eigenvalue weighted by molar-refractivity contribution is 7.89. The van der Waals surface area contributed by atoms with Gasteiger partial charge in [-0.1, -0.05) is 0 Å². The lowest BCUT2D eigenvalue weighted by Crippen LogP contribution is -2.34. The summed E-state index contributed by atoms with van der Waals surface area (Å²) < 4.78 is 34.1. The SMILES string of the molecule is Cn1ncnc1COc1ccc(S(=O)(=O)N2CCCNCC2)cc1. The number of hydrogen-bond acceptors (Lipinski definition) is 6. The van der Waals surface area contributed by atoms with Gasteiger partial charge in [-0.15, -0.1) is 0 Å². The molecule has 24 heavy (non-hydrogen) atoms. The molecule has 0 aliphatic carbocycles. The predicted molar refractivity (Wildman–Crippen MR) is 88.0 cm³/mol. The quantitative estimate of drug-likeness (QED) is 0.838. The molecule has 9 heteroatoms. The van der Waals surface area contributed by atoms with E-state index in [0.29, 0.717) is 31.2 Å². The summed E-state index contributed by atoms with van der Waals surface area (Å²) in [6.07, 6.45) is 2.28. The number of nitrogens with one attached hydrogen (secondary N) is 1. The van der Waals surface area contributed by atoms with Gasteiger partial charge in [0.15, 0.2) is 5.82 Å². The van der Waals surface area contributed by atoms with Crippen molar-refractivity contribution in [2.24, 2.45) is 7.05 Å². The van der Waals surface area contributed by atoms with Crippen molar-refractivity contribution >= 4 is 10.0 Å². The molecule has 1 aliphatic rings. The molecule has 0 radical (unpaired) electrons. The number of nitrogens with zero attached hydrogens (tertiary/aromatic N) is 4. The van der Waals surface area contributed by atoms with Gasteiger partial charge in [0.2, 0.25) is 10.0 Å². The number of aryl methyl sites for hydroxylation is 1. The lowest BCUT2D eigenvalue weighted by molar-refractivity contribution is 0.289. The topological polar surface area (TPSA) is 89.3 Å². The molecule has 0 spiro atoms. The highest BCUT2D eigenvalue weighted by Crippen LogP contribution is 2.20. The Morgan fingerprint density at radius 1 is 1.21 bits per heavy atom. The average Bonchev–Trinajstić information content (AvgIpc) is 2.83. The van der Waals surface area contributed by atoms with Crippen molar-refractivity contribution in [3.63, 3.8) is 0 Å². The number of hydrogen-bond donors (Lipinski definition) is 1. The largest absolute Gasteiger partial charge is 0.486 e. The molecule has 0 amide bonds. The van der Waals surface area contributed by atoms with Crippen molar-refractivity contribution in [2.45, 2.75) is 17.9 Å². The van der Waals surface area contributed by atoms with E-state index in [-0.39, 0.29) is 11.5 Å². The zero-order valence-corrected chi connectivity index (χ0v) is 14.4. The molecule has 0 bridgehead atoms. The van der Waals surface area contributed by atoms with Crippen LogP contribution in [0.5, 0.6) is 5.75 Å². The number of aromatic nitrogens is 3. The van der Waals surface area contributed by atoms with Crippen LogP contribution in [-0.2, 0) is 23.7 Å². The highest BCUT2D eigenvalue weighted by atomic mass is 32.2. The molecule has 0 unspecified atom stereocenters. The average molecular weight is 351 g/mol. The van der Waals surface area contributed by atoms with E-state index in [1.54, 1.807) is 36.0 Å². The molecular weight excluding hydrogens is 330 g/mol. The summed E-state index contributed by atoms with van der Waals surface area (Å²) in [6, 6.07) is 6.50. The van der Waals surface area contributed by atoms with Gasteiger partial charge < -0.3 is 10.1 Å². The lowest BCUT2D eigenvalue weighted by atomic mass is 10.3. The molecule has 1 N–H and O–H groups in total. The summed E-state index contributed by atoms with van der Waals surface area (Å²) in [6.45, 7) is 2.84. The van der Waals surface area contributed by atoms with E-state index in [9.17, 15) is 8.42 Å². The van der Waals surface area contributed by atoms with Crippen LogP contribution in [0.4, 0.5) is 0 Å². The van der Waals surface area contributed by atoms with Crippen LogP contribution in [0.15, 0.2) is 35.5 Å². The van der Waals surface area contributed by atoms with Gasteiger partial charge >= 0.3 is 0 Å². The van der Waals surface area contributed by atoms with Gasteiger partial charge in [0.25, 0.3) is 0 Å². The number of rotatable bonds is 5. The third-order valence-corrected chi connectivity index (χ3v) is 5.85. The van der Waals surface area contributed by atoms with Crippen LogP contribution in [0.1, 0.15) is 12.2 Å². The standard InChI is InChI=1S/C15H21N5O3S/c1-19-15(17-12-18-19)11-23-13-3-5-14(6-4-13)24(21,22)20-9-2-7-16-8-10-20/h3-6,12,16H,2,7-11H2,1H3. The summed E-state index contributed by atoms with van der Waals surface area (Å²) in [4.78, 5) is 4.36. The molecule has 1 saturated heterocycles. The second-order valence-corrected chi connectivity index (χ2v) is 7.51. The van der Waals surface area contributed by atoms with E-state index in [2.05, 4.69) is 15.4 Å². The summed E-state index contributed by atoms with van der Waals surface area (Å²) in [5.74, 6) is 1.29. The second-order valence-electron chi connectivity index (χ2n) is 5.57. The second kappa shape index (κ2) is 7.29. The van der Waals surface area contributed by atoms with Crippen LogP contribution in [0.3, 0.4) is 0 Å². The van der Waals surface area contributed by atoms with Crippen LogP contribution in [0.25, 0.3) is 0 Å². The maximum atomic E-state index is 12.7. The number of benzene rings is 1. The van der Waals surface area contributed by atoms with Crippen LogP contribution >= 0.6 is 0 Å². The Balaban J connectivity index is 1.68. The Morgan fingerprint density at radius 2 is 2.00 bits per heavy atom. The van der Waals surface area contributed by atoms with Crippen molar-refractivity contribution in [3.05, 3.63) is 36.4 Å². The van der Waals surface area contributed by atoms with E-state index in [0.717, 1.165) is 13.0 Å². The number of sulfonamides is 1. The Bertz CT molecular complexity index is 765. The van der Waals surface area contributed by atoms with Crippen LogP contribution in [0.2, 0.25) is 0 Å². The predicted octanol–water partition coefficient (Wildman–Crippen LogP) is 0.378. The van der Waals surface area contributed by atoms with Gasteiger partial charge in [-0.25, -0.2) is 13.4 Å². The Kier molecular flexibility index (Phi) is 5.12. The first-order chi connectivity index (χ1) is 11.6. The first kappa shape index (κ1) is 16.9. The molecular formula is C15H21N5O3S. The third-order valence-electron chi connectivity index (χ3n) is 3.93. The lowest BCUT2D eigenvalue weighted by Gasteiger charge is -2.19. The Labute approximate surface area is 141 Å². The molecule has 1 aliphatic heterocycles. The van der Waals surface area contributed by atoms with Crippen LogP contribution in [-0.4, -0.2) is 53.7 Å². The fourth-order valence-electron chi connectivity index (χ4n) is 2.52. The summed E-state index contributed by atoms with van der Waals surface area (Å²) >= 11 is 0. The maximum absolute atomic E-state index is 12.7. The molecule has 1 aromatic carbocycles. The maximum Gasteiger partial charge on any atom is 0.243 e. The molecule has 3 rings (SSSR count). The first-order valence-corrected chi connectivity index (χ1v) is 9.28. The smallest absolute Gasteiger partial charge is 0.243 e. The zero-order chi connectivity index (χ0) is 17.0. The van der Waals surface area contributed by atoms with Crippen molar-refractivity contribution in [1.29, 1.82) is 0 Å². The summed E-state index contributed by atoms with van der Waals surface area (Å²) in [7, 11) is -1.67. The molecule has 1 fully saturated rings. The molecule has 2 heterocycles. The molecule has 0 atom stereocenters. The minimum Gasteiger partial charge on any atom is -0.486 e. The van der Waals surface area contributed by atoms with Crippen molar-refractivity contribution in [1.82, 2.24) is 24.4 Å². The Hall–Kier alpha value is -1.97. The molecule has 1 aromatic heterocycles. The van der Waals surface area contributed by atoms with Crippen LogP contribution < -0.4 is 10.1 Å². The molecule has 8 nitrogen and oxygen atoms in total. The van der Waals surface area contributed by atoms with E-state index in [1.165, 1.54) is 10.6 Å². The molecule has 0 saturated carbocycles. The summed E-state index contributed by atoms with van der Waals surface area (Å²) in [5, 5.41) is 7.18. The monoisotopic (exact) mass is 351 g/mol. The minimum absolute atomic E-state index is 0.278. The van der Waals surface area contributed by atoms with Crippen molar-refractivity contribution < 1.29 is 13.2 Å². The zero-order valence-electron chi connectivity index (χ0n) is 13.6. The number of ether oxygens (including phenoxy) is 1. The van der Waals surface area contributed by atoms with Gasteiger partial charge in [-0.05, 0) is 37.2 Å². The van der Waals surface area contributed by atoms with Gasteiger partial charge in [-0.3, -0.25) is 4.68 Å². The third kappa shape index (κ3) is 3.74. The first-order valence-electron chi connectivity index (χ1n) is 7.84. The van der Waals surface area contributed by atoms with Crippen LogP contribution in [0, 0.1) is 0 Å². The normalized spacial score (nSPS) is 16.7. The van der Waals surface area contributed by atoms with Crippen molar-refractivity contribution in [2.75, 3.05) is 26.2 Å². The van der Waals surface area contributed by atoms with Crippen molar-refractivity contribution in [3.8, 4) is 5.75 Å². The van der Waals surface area contributed by atoms with E-state index in [4.69, 9.17) is 4.74 Å². The minimum atomic E-state index is -3.46. The van der Waals surface area contributed by atoms with Gasteiger partial charge in [0, 0.05) is 26.7 Å². The highest BCUT2D eigenvalue weighted by Gasteiger charge is 2.24. The van der Waals surface area contributed by atoms with E-state index in [1.807, 2.05) is 0 Å². The molecule has 2 aromatic rings. The van der Waals surface area contributed by atoms with Gasteiger partial charge in [0.1, 0.15) is 18.7 Å². The summed E-state index contributed by atoms with van der Waals surface area (Å²) in [5.41, 5.74) is 0. The van der Waals surface area contributed by atoms with E-state index < -0.39 is 10.0 Å². The van der Waals surface area contributed by atoms with Gasteiger partial charge in [-0.2, -0.15) is 9.40 Å². The molecule has 130 valence electrons.